The SMILES string of the molecule is CCCNCCc1ccccc1Br. The van der Waals surface area contributed by atoms with Gasteiger partial charge in [0.15, 0.2) is 0 Å². The molecule has 1 N–H and O–H groups in total. The van der Waals surface area contributed by atoms with Gasteiger partial charge in [0.2, 0.25) is 0 Å². The fourth-order valence-corrected chi connectivity index (χ4v) is 1.71. The van der Waals surface area contributed by atoms with Crippen LogP contribution in [0.1, 0.15) is 18.9 Å². The zero-order valence-corrected chi connectivity index (χ0v) is 9.60. The normalized spacial score (nSPS) is 10.3. The fourth-order valence-electron chi connectivity index (χ4n) is 1.23. The van der Waals surface area contributed by atoms with Gasteiger partial charge in [0.25, 0.3) is 0 Å². The van der Waals surface area contributed by atoms with Crippen molar-refractivity contribution in [1.82, 2.24) is 5.32 Å². The van der Waals surface area contributed by atoms with E-state index in [9.17, 15) is 0 Å². The predicted molar refractivity (Wildman–Crippen MR) is 61.0 cm³/mol. The average molecular weight is 242 g/mol. The molecule has 1 aromatic rings. The van der Waals surface area contributed by atoms with Gasteiger partial charge in [-0.1, -0.05) is 41.1 Å². The fraction of sp³-hybridized carbons (Fsp3) is 0.455. The van der Waals surface area contributed by atoms with Gasteiger partial charge >= 0.3 is 0 Å². The number of halogens is 1. The summed E-state index contributed by atoms with van der Waals surface area (Å²) in [6, 6.07) is 8.39. The molecule has 0 aliphatic rings. The second kappa shape index (κ2) is 6.17. The monoisotopic (exact) mass is 241 g/mol. The third-order valence-corrected chi connectivity index (χ3v) is 2.73. The standard InChI is InChI=1S/C11H16BrN/c1-2-8-13-9-7-10-5-3-4-6-11(10)12/h3-6,13H,2,7-9H2,1H3. The third kappa shape index (κ3) is 3.92. The van der Waals surface area contributed by atoms with Crippen molar-refractivity contribution < 1.29 is 0 Å². The first kappa shape index (κ1) is 10.7. The summed E-state index contributed by atoms with van der Waals surface area (Å²) in [6.07, 6.45) is 2.30. The summed E-state index contributed by atoms with van der Waals surface area (Å²) >= 11 is 3.54. The van der Waals surface area contributed by atoms with Crippen LogP contribution < -0.4 is 5.32 Å². The molecule has 0 spiro atoms. The quantitative estimate of drug-likeness (QED) is 0.782. The van der Waals surface area contributed by atoms with Crippen molar-refractivity contribution in [3.05, 3.63) is 34.3 Å². The van der Waals surface area contributed by atoms with Crippen molar-refractivity contribution in [3.8, 4) is 0 Å². The Labute approximate surface area is 88.7 Å². The second-order valence-electron chi connectivity index (χ2n) is 3.09. The summed E-state index contributed by atoms with van der Waals surface area (Å²) in [7, 11) is 0. The molecule has 13 heavy (non-hydrogen) atoms. The molecule has 0 unspecified atom stereocenters. The van der Waals surface area contributed by atoms with Gasteiger partial charge in [-0.15, -0.1) is 0 Å². The topological polar surface area (TPSA) is 12.0 Å². The third-order valence-electron chi connectivity index (χ3n) is 1.96. The van der Waals surface area contributed by atoms with Gasteiger partial charge in [-0.2, -0.15) is 0 Å². The van der Waals surface area contributed by atoms with E-state index >= 15 is 0 Å². The Kier molecular flexibility index (Phi) is 5.09. The molecular formula is C11H16BrN. The molecule has 72 valence electrons. The summed E-state index contributed by atoms with van der Waals surface area (Å²) in [5.41, 5.74) is 1.38. The molecule has 2 heteroatoms. The van der Waals surface area contributed by atoms with Gasteiger partial charge in [0, 0.05) is 4.47 Å². The minimum atomic E-state index is 1.07. The van der Waals surface area contributed by atoms with E-state index in [2.05, 4.69) is 46.4 Å². The largest absolute Gasteiger partial charge is 0.316 e. The van der Waals surface area contributed by atoms with Gasteiger partial charge in [0.05, 0.1) is 0 Å². The van der Waals surface area contributed by atoms with E-state index in [4.69, 9.17) is 0 Å². The predicted octanol–water partition coefficient (Wildman–Crippen LogP) is 2.99. The van der Waals surface area contributed by atoms with Crippen molar-refractivity contribution in [2.45, 2.75) is 19.8 Å². The van der Waals surface area contributed by atoms with Crippen LogP contribution in [-0.4, -0.2) is 13.1 Å². The van der Waals surface area contributed by atoms with E-state index in [0.29, 0.717) is 0 Å². The number of hydrogen-bond acceptors (Lipinski definition) is 1. The van der Waals surface area contributed by atoms with Crippen LogP contribution in [0.5, 0.6) is 0 Å². The first-order valence-corrected chi connectivity index (χ1v) is 5.58. The minimum absolute atomic E-state index is 1.07. The molecule has 0 atom stereocenters. The van der Waals surface area contributed by atoms with Crippen LogP contribution in [0, 0.1) is 0 Å². The number of nitrogens with one attached hydrogen (secondary N) is 1. The number of benzene rings is 1. The first-order chi connectivity index (χ1) is 6.34. The van der Waals surface area contributed by atoms with Crippen LogP contribution >= 0.6 is 15.9 Å². The Bertz CT molecular complexity index is 248. The average Bonchev–Trinajstić information content (AvgIpc) is 2.15. The molecule has 0 amide bonds. The highest BCUT2D eigenvalue weighted by Gasteiger charge is 1.96. The Hall–Kier alpha value is -0.340. The van der Waals surface area contributed by atoms with Crippen LogP contribution in [0.25, 0.3) is 0 Å². The Balaban J connectivity index is 2.32. The molecular weight excluding hydrogens is 226 g/mol. The van der Waals surface area contributed by atoms with Crippen molar-refractivity contribution >= 4 is 15.9 Å². The molecule has 1 aromatic carbocycles. The lowest BCUT2D eigenvalue weighted by molar-refractivity contribution is 0.670. The second-order valence-corrected chi connectivity index (χ2v) is 3.95. The van der Waals surface area contributed by atoms with Crippen LogP contribution in [-0.2, 0) is 6.42 Å². The summed E-state index contributed by atoms with van der Waals surface area (Å²) in [4.78, 5) is 0. The molecule has 0 radical (unpaired) electrons. The lowest BCUT2D eigenvalue weighted by Crippen LogP contribution is -2.17. The summed E-state index contributed by atoms with van der Waals surface area (Å²) in [5.74, 6) is 0. The maximum atomic E-state index is 3.54. The van der Waals surface area contributed by atoms with Gasteiger partial charge in [-0.25, -0.2) is 0 Å². The van der Waals surface area contributed by atoms with E-state index in [1.165, 1.54) is 16.5 Å². The zero-order valence-electron chi connectivity index (χ0n) is 8.02. The molecule has 0 saturated heterocycles. The molecule has 0 heterocycles. The first-order valence-electron chi connectivity index (χ1n) is 4.78. The maximum absolute atomic E-state index is 3.54. The lowest BCUT2D eigenvalue weighted by atomic mass is 10.1. The van der Waals surface area contributed by atoms with Crippen LogP contribution in [0.4, 0.5) is 0 Å². The van der Waals surface area contributed by atoms with Crippen molar-refractivity contribution in [2.24, 2.45) is 0 Å². The summed E-state index contributed by atoms with van der Waals surface area (Å²) < 4.78 is 1.22. The highest BCUT2D eigenvalue weighted by atomic mass is 79.9. The Morgan fingerprint density at radius 3 is 2.69 bits per heavy atom. The number of rotatable bonds is 5. The van der Waals surface area contributed by atoms with Crippen LogP contribution in [0.2, 0.25) is 0 Å². The molecule has 0 aromatic heterocycles. The molecule has 0 aliphatic carbocycles. The van der Waals surface area contributed by atoms with Gasteiger partial charge in [-0.05, 0) is 37.6 Å². The van der Waals surface area contributed by atoms with E-state index in [1.54, 1.807) is 0 Å². The Morgan fingerprint density at radius 2 is 2.00 bits per heavy atom. The van der Waals surface area contributed by atoms with Gasteiger partial charge < -0.3 is 5.32 Å². The van der Waals surface area contributed by atoms with Crippen molar-refractivity contribution in [2.75, 3.05) is 13.1 Å². The molecule has 0 aliphatic heterocycles. The zero-order chi connectivity index (χ0) is 9.52. The van der Waals surface area contributed by atoms with Gasteiger partial charge in [0.1, 0.15) is 0 Å². The van der Waals surface area contributed by atoms with Gasteiger partial charge in [-0.3, -0.25) is 0 Å². The van der Waals surface area contributed by atoms with E-state index in [1.807, 2.05) is 6.07 Å². The van der Waals surface area contributed by atoms with E-state index in [0.717, 1.165) is 19.5 Å². The van der Waals surface area contributed by atoms with Crippen molar-refractivity contribution in [3.63, 3.8) is 0 Å². The minimum Gasteiger partial charge on any atom is -0.316 e. The molecule has 0 bridgehead atoms. The summed E-state index contributed by atoms with van der Waals surface area (Å²) in [5, 5.41) is 3.39. The highest BCUT2D eigenvalue weighted by Crippen LogP contribution is 2.15. The Morgan fingerprint density at radius 1 is 1.23 bits per heavy atom. The van der Waals surface area contributed by atoms with E-state index in [-0.39, 0.29) is 0 Å². The highest BCUT2D eigenvalue weighted by molar-refractivity contribution is 9.10. The van der Waals surface area contributed by atoms with E-state index < -0.39 is 0 Å². The maximum Gasteiger partial charge on any atom is 0.0207 e. The van der Waals surface area contributed by atoms with Crippen LogP contribution in [0.3, 0.4) is 0 Å². The molecule has 0 fully saturated rings. The smallest absolute Gasteiger partial charge is 0.0207 e. The molecule has 0 saturated carbocycles. The van der Waals surface area contributed by atoms with Crippen molar-refractivity contribution in [1.29, 1.82) is 0 Å². The number of hydrogen-bond donors (Lipinski definition) is 1. The molecule has 1 rings (SSSR count). The summed E-state index contributed by atoms with van der Waals surface area (Å²) in [6.45, 7) is 4.37. The van der Waals surface area contributed by atoms with Crippen LogP contribution in [0.15, 0.2) is 28.7 Å². The molecule has 1 nitrogen and oxygen atoms in total. The lowest BCUT2D eigenvalue weighted by Gasteiger charge is -2.04.